The summed E-state index contributed by atoms with van der Waals surface area (Å²) in [6.07, 6.45) is 5.38. The molecule has 0 atom stereocenters. The van der Waals surface area contributed by atoms with Gasteiger partial charge in [-0.05, 0) is 6.07 Å². The number of thioether (sulfide) groups is 1. The van der Waals surface area contributed by atoms with Gasteiger partial charge in [0.15, 0.2) is 0 Å². The molecule has 0 N–H and O–H groups in total. The van der Waals surface area contributed by atoms with E-state index in [1.807, 2.05) is 16.7 Å². The number of hydrogen-bond acceptors (Lipinski definition) is 4. The Morgan fingerprint density at radius 3 is 2.90 bits per heavy atom. The van der Waals surface area contributed by atoms with Crippen LogP contribution in [0, 0.1) is 0 Å². The number of carbonyl (C=O) groups excluding carboxylic acids is 1. The van der Waals surface area contributed by atoms with Crippen molar-refractivity contribution >= 4 is 23.2 Å². The van der Waals surface area contributed by atoms with Crippen LogP contribution in [0.15, 0.2) is 29.5 Å². The first kappa shape index (κ1) is 13.2. The minimum Gasteiger partial charge on any atom is -0.341 e. The molecule has 2 aromatic rings. The van der Waals surface area contributed by atoms with Gasteiger partial charge < -0.3 is 9.47 Å². The fraction of sp³-hybridized carbons (Fsp3) is 0.462. The van der Waals surface area contributed by atoms with E-state index in [9.17, 15) is 9.59 Å². The molecule has 0 aromatic carbocycles. The highest BCUT2D eigenvalue weighted by molar-refractivity contribution is 7.99. The van der Waals surface area contributed by atoms with Crippen molar-refractivity contribution in [3.63, 3.8) is 0 Å². The molecular weight excluding hydrogens is 276 g/mol. The van der Waals surface area contributed by atoms with E-state index in [1.165, 1.54) is 0 Å². The average Bonchev–Trinajstić information content (AvgIpc) is 2.96. The van der Waals surface area contributed by atoms with Crippen LogP contribution >= 0.6 is 11.8 Å². The van der Waals surface area contributed by atoms with Gasteiger partial charge in [-0.25, -0.2) is 4.52 Å². The fourth-order valence-corrected chi connectivity index (χ4v) is 3.23. The predicted octanol–water partition coefficient (Wildman–Crippen LogP) is 0.462. The monoisotopic (exact) mass is 292 g/mol. The van der Waals surface area contributed by atoms with Gasteiger partial charge in [0.2, 0.25) is 5.91 Å². The number of rotatable bonds is 3. The summed E-state index contributed by atoms with van der Waals surface area (Å²) < 4.78 is 3.12. The van der Waals surface area contributed by atoms with Gasteiger partial charge in [-0.3, -0.25) is 9.59 Å². The SMILES string of the molecule is O=C(CCn1ccn2nccc2c1=O)N1CCSCC1. The standard InChI is InChI=1S/C13H16N4O2S/c18-12(15-7-9-20-10-8-15)2-4-16-5-6-17-11(13(16)19)1-3-14-17/h1,3,5-6H,2,4,7-10H2. The highest BCUT2D eigenvalue weighted by Gasteiger charge is 2.16. The van der Waals surface area contributed by atoms with Crippen molar-refractivity contribution in [1.29, 1.82) is 0 Å². The second-order valence-electron chi connectivity index (χ2n) is 4.70. The molecule has 0 aliphatic carbocycles. The Hall–Kier alpha value is -1.76. The number of aryl methyl sites for hydroxylation is 1. The zero-order chi connectivity index (χ0) is 13.9. The zero-order valence-electron chi connectivity index (χ0n) is 11.1. The molecule has 3 rings (SSSR count). The van der Waals surface area contributed by atoms with E-state index < -0.39 is 0 Å². The summed E-state index contributed by atoms with van der Waals surface area (Å²) in [5, 5.41) is 4.02. The first-order valence-corrected chi connectivity index (χ1v) is 7.79. The minimum absolute atomic E-state index is 0.105. The Labute approximate surface area is 120 Å². The Balaban J connectivity index is 1.68. The van der Waals surface area contributed by atoms with Crippen molar-refractivity contribution in [2.45, 2.75) is 13.0 Å². The molecule has 0 bridgehead atoms. The van der Waals surface area contributed by atoms with Gasteiger partial charge in [0.05, 0.1) is 6.20 Å². The van der Waals surface area contributed by atoms with Crippen LogP contribution in [0.25, 0.3) is 5.52 Å². The molecule has 6 nitrogen and oxygen atoms in total. The third kappa shape index (κ3) is 2.58. The minimum atomic E-state index is -0.105. The van der Waals surface area contributed by atoms with Gasteiger partial charge >= 0.3 is 0 Å². The molecule has 1 amide bonds. The lowest BCUT2D eigenvalue weighted by Crippen LogP contribution is -2.38. The maximum Gasteiger partial charge on any atom is 0.276 e. The molecule has 0 saturated carbocycles. The van der Waals surface area contributed by atoms with Crippen LogP contribution < -0.4 is 5.56 Å². The summed E-state index contributed by atoms with van der Waals surface area (Å²) in [6.45, 7) is 2.06. The summed E-state index contributed by atoms with van der Waals surface area (Å²) in [5.41, 5.74) is 0.432. The maximum atomic E-state index is 12.2. The smallest absolute Gasteiger partial charge is 0.276 e. The van der Waals surface area contributed by atoms with Crippen LogP contribution in [0.4, 0.5) is 0 Å². The molecule has 2 aromatic heterocycles. The third-order valence-corrected chi connectivity index (χ3v) is 4.41. The Kier molecular flexibility index (Phi) is 3.77. The van der Waals surface area contributed by atoms with Crippen molar-refractivity contribution in [2.24, 2.45) is 0 Å². The lowest BCUT2D eigenvalue weighted by atomic mass is 10.3. The summed E-state index contributed by atoms with van der Waals surface area (Å²) in [7, 11) is 0. The number of fused-ring (bicyclic) bond motifs is 1. The zero-order valence-corrected chi connectivity index (χ0v) is 11.9. The summed E-state index contributed by atoms with van der Waals surface area (Å²) in [5.74, 6) is 2.14. The Morgan fingerprint density at radius 2 is 2.10 bits per heavy atom. The first-order chi connectivity index (χ1) is 9.75. The third-order valence-electron chi connectivity index (χ3n) is 3.47. The van der Waals surface area contributed by atoms with Crippen molar-refractivity contribution in [3.8, 4) is 0 Å². The molecule has 7 heteroatoms. The van der Waals surface area contributed by atoms with E-state index in [-0.39, 0.29) is 11.5 Å². The topological polar surface area (TPSA) is 59.6 Å². The van der Waals surface area contributed by atoms with Gasteiger partial charge in [-0.2, -0.15) is 16.9 Å². The van der Waals surface area contributed by atoms with E-state index >= 15 is 0 Å². The van der Waals surface area contributed by atoms with Gasteiger partial charge in [-0.1, -0.05) is 0 Å². The molecule has 1 saturated heterocycles. The normalized spacial score (nSPS) is 15.7. The van der Waals surface area contributed by atoms with E-state index in [0.29, 0.717) is 18.5 Å². The molecule has 1 aliphatic rings. The van der Waals surface area contributed by atoms with E-state index in [0.717, 1.165) is 24.6 Å². The highest BCUT2D eigenvalue weighted by atomic mass is 32.2. The van der Waals surface area contributed by atoms with Crippen molar-refractivity contribution < 1.29 is 4.79 Å². The Morgan fingerprint density at radius 1 is 1.30 bits per heavy atom. The van der Waals surface area contributed by atoms with Crippen LogP contribution in [0.2, 0.25) is 0 Å². The molecular formula is C13H16N4O2S. The first-order valence-electron chi connectivity index (χ1n) is 6.64. The van der Waals surface area contributed by atoms with Crippen molar-refractivity contribution in [1.82, 2.24) is 19.1 Å². The van der Waals surface area contributed by atoms with Crippen LogP contribution in [0.1, 0.15) is 6.42 Å². The lowest BCUT2D eigenvalue weighted by molar-refractivity contribution is -0.131. The number of amides is 1. The molecule has 20 heavy (non-hydrogen) atoms. The molecule has 0 radical (unpaired) electrons. The van der Waals surface area contributed by atoms with Crippen molar-refractivity contribution in [2.75, 3.05) is 24.6 Å². The van der Waals surface area contributed by atoms with Crippen LogP contribution in [0.3, 0.4) is 0 Å². The molecule has 0 unspecified atom stereocenters. The fourth-order valence-electron chi connectivity index (χ4n) is 2.32. The van der Waals surface area contributed by atoms with Crippen LogP contribution in [-0.4, -0.2) is 49.6 Å². The maximum absolute atomic E-state index is 12.2. The second kappa shape index (κ2) is 5.70. The van der Waals surface area contributed by atoms with Crippen LogP contribution in [0.5, 0.6) is 0 Å². The summed E-state index contributed by atoms with van der Waals surface area (Å²) in [6, 6.07) is 1.68. The molecule has 1 aliphatic heterocycles. The van der Waals surface area contributed by atoms with Crippen molar-refractivity contribution in [3.05, 3.63) is 35.0 Å². The number of carbonyl (C=O) groups is 1. The lowest BCUT2D eigenvalue weighted by Gasteiger charge is -2.26. The quantitative estimate of drug-likeness (QED) is 0.825. The average molecular weight is 292 g/mol. The van der Waals surface area contributed by atoms with Gasteiger partial charge in [0.25, 0.3) is 5.56 Å². The van der Waals surface area contributed by atoms with Gasteiger partial charge in [0, 0.05) is 50.0 Å². The van der Waals surface area contributed by atoms with Gasteiger partial charge in [0.1, 0.15) is 5.52 Å². The van der Waals surface area contributed by atoms with E-state index in [4.69, 9.17) is 0 Å². The summed E-state index contributed by atoms with van der Waals surface area (Å²) >= 11 is 1.88. The number of nitrogens with zero attached hydrogens (tertiary/aromatic N) is 4. The second-order valence-corrected chi connectivity index (χ2v) is 5.93. The largest absolute Gasteiger partial charge is 0.341 e. The van der Waals surface area contributed by atoms with E-state index in [1.54, 1.807) is 33.7 Å². The van der Waals surface area contributed by atoms with E-state index in [2.05, 4.69) is 5.10 Å². The Bertz CT molecular complexity index is 672. The molecule has 106 valence electrons. The molecule has 3 heterocycles. The summed E-state index contributed by atoms with van der Waals surface area (Å²) in [4.78, 5) is 26.1. The highest BCUT2D eigenvalue weighted by Crippen LogP contribution is 2.10. The molecule has 0 spiro atoms. The molecule has 1 fully saturated rings. The number of hydrogen-bond donors (Lipinski definition) is 0. The van der Waals surface area contributed by atoms with Gasteiger partial charge in [-0.15, -0.1) is 0 Å². The number of aromatic nitrogens is 3. The van der Waals surface area contributed by atoms with Crippen LogP contribution in [-0.2, 0) is 11.3 Å². The predicted molar refractivity (Wildman–Crippen MR) is 78.0 cm³/mol.